The molecule has 0 spiro atoms. The number of hydrogen-bond acceptors (Lipinski definition) is 1. The number of rotatable bonds is 6. The van der Waals surface area contributed by atoms with Crippen molar-refractivity contribution in [3.63, 3.8) is 0 Å². The summed E-state index contributed by atoms with van der Waals surface area (Å²) in [5, 5.41) is 0. The highest BCUT2D eigenvalue weighted by Gasteiger charge is 2.38. The van der Waals surface area contributed by atoms with Crippen molar-refractivity contribution in [1.29, 1.82) is 0 Å². The van der Waals surface area contributed by atoms with Crippen molar-refractivity contribution in [3.8, 4) is 55.6 Å². The molecule has 2 aliphatic rings. The first-order chi connectivity index (χ1) is 30.4. The standard InChI is InChI=1S/C63H61N/c1-40-20-30-46(31-21-40)64(47-32-24-42(25-33-47)41-22-28-45(29-23-41)60(2,3)4)48-38-53(43-26-34-51-49-16-12-14-18-55(49)62(8,9)57(51)36-43)59(61(5,6)7)54(39-48)44-27-35-52-50-17-13-15-19-56(50)63(10,11)58(52)37-44/h12-39H,1-11H3. The fourth-order valence-electron chi connectivity index (χ4n) is 10.9. The molecule has 0 saturated heterocycles. The lowest BCUT2D eigenvalue weighted by Crippen LogP contribution is -2.18. The number of aryl methyl sites for hydroxylation is 1. The topological polar surface area (TPSA) is 3.24 Å². The van der Waals surface area contributed by atoms with Crippen molar-refractivity contribution >= 4 is 17.1 Å². The molecule has 0 saturated carbocycles. The highest BCUT2D eigenvalue weighted by Crippen LogP contribution is 2.54. The number of fused-ring (bicyclic) bond motifs is 6. The molecule has 1 nitrogen and oxygen atoms in total. The quantitative estimate of drug-likeness (QED) is 0.161. The van der Waals surface area contributed by atoms with Gasteiger partial charge in [0.1, 0.15) is 0 Å². The fourth-order valence-corrected chi connectivity index (χ4v) is 10.9. The average Bonchev–Trinajstić information content (AvgIpc) is 3.65. The molecule has 0 atom stereocenters. The molecule has 0 bridgehead atoms. The van der Waals surface area contributed by atoms with Gasteiger partial charge in [0.25, 0.3) is 0 Å². The fraction of sp³-hybridized carbons (Fsp3) is 0.238. The molecule has 0 aliphatic heterocycles. The summed E-state index contributed by atoms with van der Waals surface area (Å²) in [6.45, 7) is 25.7. The largest absolute Gasteiger partial charge is 0.310 e. The SMILES string of the molecule is Cc1ccc(N(c2ccc(-c3ccc(C(C)(C)C)cc3)cc2)c2cc(-c3ccc4c(c3)C(C)(C)c3ccccc3-4)c(C(C)(C)C)c(-c3ccc4c(c3)C(C)(C)c3ccccc3-4)c2)cc1. The Hall–Kier alpha value is -6.44. The van der Waals surface area contributed by atoms with Gasteiger partial charge in [0.05, 0.1) is 0 Å². The zero-order chi connectivity index (χ0) is 44.9. The van der Waals surface area contributed by atoms with E-state index >= 15 is 0 Å². The van der Waals surface area contributed by atoms with Crippen LogP contribution < -0.4 is 4.90 Å². The monoisotopic (exact) mass is 831 g/mol. The van der Waals surface area contributed by atoms with Gasteiger partial charge in [-0.15, -0.1) is 0 Å². The molecule has 1 heteroatoms. The van der Waals surface area contributed by atoms with Crippen LogP contribution in [-0.4, -0.2) is 0 Å². The van der Waals surface area contributed by atoms with E-state index in [0.717, 1.165) is 17.1 Å². The number of benzene rings is 8. The van der Waals surface area contributed by atoms with Crippen LogP contribution in [0.25, 0.3) is 55.6 Å². The van der Waals surface area contributed by atoms with Crippen LogP contribution in [0.1, 0.15) is 108 Å². The highest BCUT2D eigenvalue weighted by molar-refractivity contribution is 5.92. The van der Waals surface area contributed by atoms with Crippen LogP contribution in [0.4, 0.5) is 17.1 Å². The van der Waals surface area contributed by atoms with Gasteiger partial charge in [-0.3, -0.25) is 0 Å². The van der Waals surface area contributed by atoms with Crippen molar-refractivity contribution in [2.24, 2.45) is 0 Å². The molecule has 64 heavy (non-hydrogen) atoms. The van der Waals surface area contributed by atoms with Crippen LogP contribution >= 0.6 is 0 Å². The molecule has 318 valence electrons. The third-order valence-electron chi connectivity index (χ3n) is 14.4. The summed E-state index contributed by atoms with van der Waals surface area (Å²) in [7, 11) is 0. The van der Waals surface area contributed by atoms with Gasteiger partial charge in [-0.05, 0) is 155 Å². The molecule has 0 N–H and O–H groups in total. The maximum Gasteiger partial charge on any atom is 0.0474 e. The van der Waals surface area contributed by atoms with Crippen molar-refractivity contribution in [2.45, 2.75) is 97.8 Å². The second-order valence-corrected chi connectivity index (χ2v) is 21.6. The number of hydrogen-bond donors (Lipinski definition) is 0. The van der Waals surface area contributed by atoms with Gasteiger partial charge in [0, 0.05) is 27.9 Å². The van der Waals surface area contributed by atoms with E-state index < -0.39 is 0 Å². The minimum Gasteiger partial charge on any atom is -0.310 e. The van der Waals surface area contributed by atoms with Crippen LogP contribution in [0, 0.1) is 6.92 Å². The van der Waals surface area contributed by atoms with Crippen molar-refractivity contribution in [3.05, 3.63) is 209 Å². The lowest BCUT2D eigenvalue weighted by molar-refractivity contribution is 0.590. The summed E-state index contributed by atoms with van der Waals surface area (Å²) >= 11 is 0. The summed E-state index contributed by atoms with van der Waals surface area (Å²) in [6.07, 6.45) is 0. The van der Waals surface area contributed by atoms with Gasteiger partial charge in [0.15, 0.2) is 0 Å². The van der Waals surface area contributed by atoms with E-state index in [2.05, 4.69) is 251 Å². The Kier molecular flexibility index (Phi) is 9.62. The Morgan fingerprint density at radius 2 is 0.734 bits per heavy atom. The predicted molar refractivity (Wildman–Crippen MR) is 275 cm³/mol. The van der Waals surface area contributed by atoms with E-state index in [-0.39, 0.29) is 21.7 Å². The first-order valence-corrected chi connectivity index (χ1v) is 23.2. The minimum atomic E-state index is -0.183. The van der Waals surface area contributed by atoms with E-state index in [9.17, 15) is 0 Å². The average molecular weight is 832 g/mol. The summed E-state index contributed by atoms with van der Waals surface area (Å²) < 4.78 is 0. The second-order valence-electron chi connectivity index (χ2n) is 21.6. The number of anilines is 3. The van der Waals surface area contributed by atoms with Crippen molar-refractivity contribution in [2.75, 3.05) is 4.90 Å². The Balaban J connectivity index is 1.21. The summed E-state index contributed by atoms with van der Waals surface area (Å²) in [5.74, 6) is 0. The van der Waals surface area contributed by atoms with Crippen molar-refractivity contribution < 1.29 is 0 Å². The first-order valence-electron chi connectivity index (χ1n) is 23.2. The molecule has 0 radical (unpaired) electrons. The zero-order valence-corrected chi connectivity index (χ0v) is 39.6. The summed E-state index contributed by atoms with van der Waals surface area (Å²) in [5.41, 5.74) is 25.4. The molecule has 10 rings (SSSR count). The Morgan fingerprint density at radius 3 is 1.17 bits per heavy atom. The van der Waals surface area contributed by atoms with E-state index in [1.54, 1.807) is 0 Å². The minimum absolute atomic E-state index is 0.110. The third kappa shape index (κ3) is 6.83. The van der Waals surface area contributed by atoms with Crippen molar-refractivity contribution in [1.82, 2.24) is 0 Å². The van der Waals surface area contributed by atoms with Gasteiger partial charge >= 0.3 is 0 Å². The maximum absolute atomic E-state index is 2.51. The second kappa shape index (κ2) is 14.8. The van der Waals surface area contributed by atoms with E-state index in [1.165, 1.54) is 94.6 Å². The van der Waals surface area contributed by atoms with Gasteiger partial charge in [-0.25, -0.2) is 0 Å². The van der Waals surface area contributed by atoms with Gasteiger partial charge in [-0.1, -0.05) is 196 Å². The molecule has 0 heterocycles. The highest BCUT2D eigenvalue weighted by atomic mass is 15.1. The molecular formula is C63H61N. The van der Waals surface area contributed by atoms with Gasteiger partial charge in [0.2, 0.25) is 0 Å². The molecule has 2 aliphatic carbocycles. The Bertz CT molecular complexity index is 2960. The molecule has 0 unspecified atom stereocenters. The van der Waals surface area contributed by atoms with Crippen LogP contribution in [0.15, 0.2) is 170 Å². The Labute approximate surface area is 382 Å². The van der Waals surface area contributed by atoms with Crippen LogP contribution in [0.5, 0.6) is 0 Å². The molecule has 0 amide bonds. The molecule has 0 fully saturated rings. The molecule has 0 aromatic heterocycles. The van der Waals surface area contributed by atoms with E-state index in [4.69, 9.17) is 0 Å². The van der Waals surface area contributed by atoms with E-state index in [1.807, 2.05) is 0 Å². The van der Waals surface area contributed by atoms with Gasteiger partial charge < -0.3 is 4.90 Å². The molecule has 8 aromatic rings. The lowest BCUT2D eigenvalue weighted by atomic mass is 9.75. The predicted octanol–water partition coefficient (Wildman–Crippen LogP) is 17.7. The van der Waals surface area contributed by atoms with Crippen LogP contribution in [0.2, 0.25) is 0 Å². The lowest BCUT2D eigenvalue weighted by Gasteiger charge is -2.32. The first kappa shape index (κ1) is 41.6. The maximum atomic E-state index is 2.51. The van der Waals surface area contributed by atoms with Crippen LogP contribution in [-0.2, 0) is 21.7 Å². The summed E-state index contributed by atoms with van der Waals surface area (Å²) in [4.78, 5) is 2.46. The number of nitrogens with zero attached hydrogens (tertiary/aromatic N) is 1. The third-order valence-corrected chi connectivity index (χ3v) is 14.4. The zero-order valence-electron chi connectivity index (χ0n) is 39.6. The normalized spacial score (nSPS) is 14.4. The molecular weight excluding hydrogens is 771 g/mol. The summed E-state index contributed by atoms with van der Waals surface area (Å²) in [6, 6.07) is 64.7. The van der Waals surface area contributed by atoms with Gasteiger partial charge in [-0.2, -0.15) is 0 Å². The smallest absolute Gasteiger partial charge is 0.0474 e. The molecule has 8 aromatic carbocycles. The van der Waals surface area contributed by atoms with E-state index in [0.29, 0.717) is 0 Å². The Morgan fingerprint density at radius 1 is 0.344 bits per heavy atom. The van der Waals surface area contributed by atoms with Crippen LogP contribution in [0.3, 0.4) is 0 Å².